The van der Waals surface area contributed by atoms with E-state index < -0.39 is 0 Å². The fourth-order valence-electron chi connectivity index (χ4n) is 6.37. The van der Waals surface area contributed by atoms with E-state index in [1.54, 1.807) is 13.3 Å². The number of anilines is 1. The molecule has 2 aromatic carbocycles. The molecule has 8 nitrogen and oxygen atoms in total. The van der Waals surface area contributed by atoms with Gasteiger partial charge >= 0.3 is 0 Å². The Bertz CT molecular complexity index is 1330. The number of rotatable bonds is 12. The second-order valence-electron chi connectivity index (χ2n) is 11.7. The maximum atomic E-state index is 13.5. The van der Waals surface area contributed by atoms with Crippen molar-refractivity contribution in [1.82, 2.24) is 20.9 Å². The molecule has 1 aromatic heterocycles. The van der Waals surface area contributed by atoms with E-state index in [0.717, 1.165) is 67.8 Å². The van der Waals surface area contributed by atoms with E-state index in [0.29, 0.717) is 35.8 Å². The molecule has 0 saturated carbocycles. The summed E-state index contributed by atoms with van der Waals surface area (Å²) in [6.07, 6.45) is 7.28. The Hall–Kier alpha value is -3.91. The molecular formula is C34H43N5O3. The lowest BCUT2D eigenvalue weighted by atomic mass is 9.95. The third-order valence-corrected chi connectivity index (χ3v) is 8.39. The smallest absolute Gasteiger partial charge is 0.253 e. The van der Waals surface area contributed by atoms with Crippen LogP contribution in [0.5, 0.6) is 5.75 Å². The van der Waals surface area contributed by atoms with E-state index in [9.17, 15) is 9.59 Å². The maximum absolute atomic E-state index is 13.5. The van der Waals surface area contributed by atoms with Crippen molar-refractivity contribution in [3.05, 3.63) is 89.1 Å². The molecule has 2 fully saturated rings. The van der Waals surface area contributed by atoms with Crippen molar-refractivity contribution in [3.8, 4) is 5.75 Å². The summed E-state index contributed by atoms with van der Waals surface area (Å²) in [7, 11) is 1.66. The van der Waals surface area contributed by atoms with E-state index in [-0.39, 0.29) is 17.9 Å². The van der Waals surface area contributed by atoms with Gasteiger partial charge in [-0.3, -0.25) is 9.59 Å². The van der Waals surface area contributed by atoms with Gasteiger partial charge in [-0.25, -0.2) is 4.98 Å². The van der Waals surface area contributed by atoms with Crippen LogP contribution in [0.4, 0.5) is 5.82 Å². The predicted molar refractivity (Wildman–Crippen MR) is 166 cm³/mol. The zero-order valence-electron chi connectivity index (χ0n) is 24.9. The molecular weight excluding hydrogens is 526 g/mol. The highest BCUT2D eigenvalue weighted by Gasteiger charge is 2.42. The first-order valence-corrected chi connectivity index (χ1v) is 15.2. The highest BCUT2D eigenvalue weighted by atomic mass is 16.5. The fourth-order valence-corrected chi connectivity index (χ4v) is 6.37. The fraction of sp³-hybridized carbons (Fsp3) is 0.441. The molecule has 1 unspecified atom stereocenters. The third-order valence-electron chi connectivity index (χ3n) is 8.39. The number of pyridine rings is 1. The molecule has 5 rings (SSSR count). The van der Waals surface area contributed by atoms with Crippen LogP contribution in [0.25, 0.3) is 0 Å². The summed E-state index contributed by atoms with van der Waals surface area (Å²) in [5, 5.41) is 9.77. The van der Waals surface area contributed by atoms with Gasteiger partial charge in [0.05, 0.1) is 12.7 Å². The number of hydrogen-bond acceptors (Lipinski definition) is 6. The number of carbonyl (C=O) groups excluding carboxylic acids is 2. The highest BCUT2D eigenvalue weighted by Crippen LogP contribution is 2.38. The van der Waals surface area contributed by atoms with Gasteiger partial charge in [-0.15, -0.1) is 0 Å². The van der Waals surface area contributed by atoms with Crippen molar-refractivity contribution in [1.29, 1.82) is 0 Å². The summed E-state index contributed by atoms with van der Waals surface area (Å²) in [6.45, 7) is 5.65. The molecule has 2 aliphatic heterocycles. The molecule has 42 heavy (non-hydrogen) atoms. The van der Waals surface area contributed by atoms with Crippen molar-refractivity contribution in [2.75, 3.05) is 18.6 Å². The summed E-state index contributed by atoms with van der Waals surface area (Å²) >= 11 is 0. The van der Waals surface area contributed by atoms with E-state index >= 15 is 0 Å². The topological polar surface area (TPSA) is 95.6 Å². The molecule has 3 heterocycles. The molecule has 2 bridgehead atoms. The SMILES string of the molecule is COc1cccc(C(=O)NC2C[C@H]3CC[C@@H](C2)N3c2ccc(C(=O)NCc3ccccc3)cn2)c1CCCNC(C)C. The van der Waals surface area contributed by atoms with Crippen LogP contribution in [-0.4, -0.2) is 54.6 Å². The van der Waals surface area contributed by atoms with Crippen molar-refractivity contribution < 1.29 is 14.3 Å². The van der Waals surface area contributed by atoms with Gasteiger partial charge in [0.25, 0.3) is 11.8 Å². The first kappa shape index (κ1) is 29.6. The minimum atomic E-state index is -0.129. The van der Waals surface area contributed by atoms with Crippen LogP contribution < -0.4 is 25.6 Å². The van der Waals surface area contributed by atoms with Crippen LogP contribution in [0, 0.1) is 0 Å². The number of amides is 2. The second kappa shape index (κ2) is 13.8. The average Bonchev–Trinajstić information content (AvgIpc) is 3.28. The van der Waals surface area contributed by atoms with Crippen molar-refractivity contribution in [2.24, 2.45) is 0 Å². The molecule has 2 amide bonds. The van der Waals surface area contributed by atoms with E-state index in [1.807, 2.05) is 60.7 Å². The van der Waals surface area contributed by atoms with Gasteiger partial charge in [0.2, 0.25) is 0 Å². The first-order valence-electron chi connectivity index (χ1n) is 15.2. The van der Waals surface area contributed by atoms with Crippen molar-refractivity contribution in [2.45, 2.75) is 83.1 Å². The number of carbonyl (C=O) groups is 2. The molecule has 0 radical (unpaired) electrons. The number of piperidine rings is 1. The molecule has 8 heteroatoms. The predicted octanol–water partition coefficient (Wildman–Crippen LogP) is 4.88. The van der Waals surface area contributed by atoms with Crippen LogP contribution >= 0.6 is 0 Å². The number of methoxy groups -OCH3 is 1. The van der Waals surface area contributed by atoms with E-state index in [2.05, 4.69) is 39.7 Å². The quantitative estimate of drug-likeness (QED) is 0.269. The van der Waals surface area contributed by atoms with Crippen molar-refractivity contribution in [3.63, 3.8) is 0 Å². The summed E-state index contributed by atoms with van der Waals surface area (Å²) in [5.41, 5.74) is 3.29. The maximum Gasteiger partial charge on any atom is 0.253 e. The first-order chi connectivity index (χ1) is 20.4. The Kier molecular flexibility index (Phi) is 9.74. The molecule has 3 N–H and O–H groups in total. The van der Waals surface area contributed by atoms with Crippen LogP contribution in [-0.2, 0) is 13.0 Å². The number of hydrogen-bond donors (Lipinski definition) is 3. The molecule has 0 spiro atoms. The van der Waals surface area contributed by atoms with Crippen LogP contribution in [0.3, 0.4) is 0 Å². The molecule has 222 valence electrons. The Balaban J connectivity index is 1.18. The highest BCUT2D eigenvalue weighted by molar-refractivity contribution is 5.96. The van der Waals surface area contributed by atoms with Gasteiger partial charge in [-0.1, -0.05) is 50.2 Å². The third kappa shape index (κ3) is 7.10. The Morgan fingerprint density at radius 3 is 2.40 bits per heavy atom. The van der Waals surface area contributed by atoms with Gasteiger partial charge < -0.3 is 25.6 Å². The molecule has 2 aliphatic rings. The number of nitrogens with one attached hydrogen (secondary N) is 3. The summed E-state index contributed by atoms with van der Waals surface area (Å²) in [4.78, 5) is 33.3. The Morgan fingerprint density at radius 1 is 0.976 bits per heavy atom. The normalized spacial score (nSPS) is 19.5. The van der Waals surface area contributed by atoms with Gasteiger partial charge in [0, 0.05) is 48.0 Å². The summed E-state index contributed by atoms with van der Waals surface area (Å²) in [6, 6.07) is 20.6. The number of aromatic nitrogens is 1. The lowest BCUT2D eigenvalue weighted by Crippen LogP contribution is -2.51. The number of benzene rings is 2. The number of fused-ring (bicyclic) bond motifs is 2. The minimum absolute atomic E-state index is 0.0254. The van der Waals surface area contributed by atoms with Gasteiger partial charge in [0.15, 0.2) is 0 Å². The zero-order chi connectivity index (χ0) is 29.5. The summed E-state index contributed by atoms with van der Waals surface area (Å²) < 4.78 is 5.63. The number of nitrogens with zero attached hydrogens (tertiary/aromatic N) is 2. The lowest BCUT2D eigenvalue weighted by Gasteiger charge is -2.40. The monoisotopic (exact) mass is 569 g/mol. The standard InChI is InChI=1S/C34H43N5O3/c1-23(2)35-18-8-12-29-30(11-7-13-31(29)42-3)34(41)38-26-19-27-15-16-28(20-26)39(27)32-17-14-25(22-36-32)33(40)37-21-24-9-5-4-6-10-24/h4-7,9-11,13-14,17,22-23,26-28,35H,8,12,15-16,18-21H2,1-3H3,(H,37,40)(H,38,41)/t26?,27-,28+. The molecule has 3 aromatic rings. The van der Waals surface area contributed by atoms with E-state index in [1.165, 1.54) is 0 Å². The van der Waals surface area contributed by atoms with Crippen LogP contribution in [0.15, 0.2) is 66.9 Å². The molecule has 2 saturated heterocycles. The number of ether oxygens (including phenoxy) is 1. The average molecular weight is 570 g/mol. The van der Waals surface area contributed by atoms with E-state index in [4.69, 9.17) is 4.74 Å². The lowest BCUT2D eigenvalue weighted by molar-refractivity contribution is 0.0923. The largest absolute Gasteiger partial charge is 0.496 e. The summed E-state index contributed by atoms with van der Waals surface area (Å²) in [5.74, 6) is 1.51. The molecule has 0 aliphatic carbocycles. The van der Waals surface area contributed by atoms with Gasteiger partial charge in [-0.2, -0.15) is 0 Å². The zero-order valence-corrected chi connectivity index (χ0v) is 24.9. The second-order valence-corrected chi connectivity index (χ2v) is 11.7. The van der Waals surface area contributed by atoms with Gasteiger partial charge in [-0.05, 0) is 74.9 Å². The minimum Gasteiger partial charge on any atom is -0.496 e. The molecule has 3 atom stereocenters. The Morgan fingerprint density at radius 2 is 1.74 bits per heavy atom. The van der Waals surface area contributed by atoms with Crippen LogP contribution in [0.2, 0.25) is 0 Å². The Labute approximate surface area is 249 Å². The van der Waals surface area contributed by atoms with Gasteiger partial charge in [0.1, 0.15) is 11.6 Å². The van der Waals surface area contributed by atoms with Crippen LogP contribution in [0.1, 0.15) is 77.8 Å². The van der Waals surface area contributed by atoms with Crippen molar-refractivity contribution >= 4 is 17.6 Å².